The van der Waals surface area contributed by atoms with Crippen molar-refractivity contribution in [2.24, 2.45) is 11.7 Å². The van der Waals surface area contributed by atoms with E-state index in [1.807, 2.05) is 35.1 Å². The van der Waals surface area contributed by atoms with Gasteiger partial charge in [-0.2, -0.15) is 0 Å². The molecular formula is C30H44N8O4. The minimum Gasteiger partial charge on any atom is -0.289 e. The molecule has 12 heteroatoms. The van der Waals surface area contributed by atoms with Gasteiger partial charge in [-0.3, -0.25) is 31.3 Å². The number of nitrogens with two attached hydrogens (primary N) is 2. The number of unbranched alkanes of at least 4 members (excludes halogenated alkanes) is 2. The van der Waals surface area contributed by atoms with Crippen LogP contribution >= 0.6 is 0 Å². The molecule has 4 amide bonds. The van der Waals surface area contributed by atoms with Gasteiger partial charge in [-0.05, 0) is 71.9 Å². The van der Waals surface area contributed by atoms with Gasteiger partial charge in [0, 0.05) is 35.3 Å². The maximum atomic E-state index is 13.6. The second-order valence-corrected chi connectivity index (χ2v) is 11.9. The Balaban J connectivity index is 1.65. The number of hydrogen-bond donors (Lipinski definition) is 8. The van der Waals surface area contributed by atoms with Crippen molar-refractivity contribution < 1.29 is 19.2 Å². The quantitative estimate of drug-likeness (QED) is 0.0617. The molecule has 0 spiro atoms. The maximum absolute atomic E-state index is 13.6. The molecule has 0 saturated heterocycles. The summed E-state index contributed by atoms with van der Waals surface area (Å²) >= 11 is 0. The number of benzene rings is 2. The normalized spacial score (nSPS) is 12.8. The van der Waals surface area contributed by atoms with Crippen molar-refractivity contribution in [3.8, 4) is 0 Å². The average molecular weight is 581 g/mol. The van der Waals surface area contributed by atoms with Crippen LogP contribution in [0.3, 0.4) is 0 Å². The van der Waals surface area contributed by atoms with Crippen molar-refractivity contribution in [1.29, 1.82) is 0 Å². The van der Waals surface area contributed by atoms with Crippen LogP contribution in [0, 0.1) is 0 Å². The van der Waals surface area contributed by atoms with Gasteiger partial charge in [0.15, 0.2) is 11.6 Å². The monoisotopic (exact) mass is 580 g/mol. The van der Waals surface area contributed by atoms with Crippen LogP contribution in [0.15, 0.2) is 36.4 Å². The standard InChI is InChI=1S/C30H44N8O4/c1-29(2,13-5-7-15-33-37-27(41)35-31)19-9-11-21-23(17-19)25(39)22-12-10-20(18-24(22)26(21)40)30(3,4)14-6-8-16-34-38-28(42)36-32/h9-12,17-18,33-34H,5-8,13-16,31-32H2,1-4H3,(H2,35,37,41)(H2,36,38,42). The Morgan fingerprint density at radius 2 is 1.00 bits per heavy atom. The molecule has 1 aliphatic carbocycles. The topological polar surface area (TPSA) is 192 Å². The van der Waals surface area contributed by atoms with E-state index in [4.69, 9.17) is 11.7 Å². The van der Waals surface area contributed by atoms with E-state index >= 15 is 0 Å². The van der Waals surface area contributed by atoms with Gasteiger partial charge in [0.1, 0.15) is 0 Å². The first-order valence-corrected chi connectivity index (χ1v) is 14.3. The Kier molecular flexibility index (Phi) is 11.2. The summed E-state index contributed by atoms with van der Waals surface area (Å²) in [5, 5.41) is 0. The van der Waals surface area contributed by atoms with Crippen molar-refractivity contribution in [2.45, 2.75) is 77.0 Å². The Morgan fingerprint density at radius 3 is 1.36 bits per heavy atom. The summed E-state index contributed by atoms with van der Waals surface area (Å²) in [7, 11) is 0. The number of hydrogen-bond acceptors (Lipinski definition) is 8. The van der Waals surface area contributed by atoms with E-state index in [0.29, 0.717) is 35.3 Å². The van der Waals surface area contributed by atoms with E-state index in [0.717, 1.165) is 49.7 Å². The van der Waals surface area contributed by atoms with E-state index < -0.39 is 12.1 Å². The molecule has 0 saturated carbocycles. The molecule has 0 radical (unpaired) electrons. The molecule has 0 fully saturated rings. The highest BCUT2D eigenvalue weighted by atomic mass is 16.2. The summed E-state index contributed by atoms with van der Waals surface area (Å²) in [4.78, 5) is 49.4. The Hall–Kier alpha value is -3.84. The fourth-order valence-corrected chi connectivity index (χ4v) is 5.20. The van der Waals surface area contributed by atoms with Crippen LogP contribution in [0.4, 0.5) is 9.59 Å². The molecule has 0 aliphatic heterocycles. The maximum Gasteiger partial charge on any atom is 0.343 e. The molecule has 2 aromatic carbocycles. The second kappa shape index (κ2) is 14.4. The second-order valence-electron chi connectivity index (χ2n) is 11.9. The lowest BCUT2D eigenvalue weighted by Crippen LogP contribution is -2.47. The van der Waals surface area contributed by atoms with Crippen molar-refractivity contribution >= 4 is 23.6 Å². The minimum atomic E-state index is -0.500. The van der Waals surface area contributed by atoms with Gasteiger partial charge < -0.3 is 0 Å². The van der Waals surface area contributed by atoms with E-state index in [-0.39, 0.29) is 22.4 Å². The summed E-state index contributed by atoms with van der Waals surface area (Å²) in [6.45, 7) is 9.71. The first kappa shape index (κ1) is 32.7. The van der Waals surface area contributed by atoms with E-state index in [1.54, 1.807) is 12.1 Å². The molecule has 228 valence electrons. The zero-order valence-electron chi connectivity index (χ0n) is 24.9. The van der Waals surface area contributed by atoms with Crippen LogP contribution < -0.4 is 44.2 Å². The number of nitrogens with one attached hydrogen (secondary N) is 6. The lowest BCUT2D eigenvalue weighted by Gasteiger charge is -2.29. The number of hydrazine groups is 4. The molecule has 10 N–H and O–H groups in total. The van der Waals surface area contributed by atoms with E-state index in [2.05, 4.69) is 49.4 Å². The summed E-state index contributed by atoms with van der Waals surface area (Å²) < 4.78 is 0. The van der Waals surface area contributed by atoms with Gasteiger partial charge >= 0.3 is 12.1 Å². The third-order valence-corrected chi connectivity index (χ3v) is 7.95. The van der Waals surface area contributed by atoms with Gasteiger partial charge in [-0.15, -0.1) is 0 Å². The van der Waals surface area contributed by atoms with Crippen LogP contribution in [0.5, 0.6) is 0 Å². The lowest BCUT2D eigenvalue weighted by molar-refractivity contribution is 0.0978. The third-order valence-electron chi connectivity index (χ3n) is 7.95. The SMILES string of the molecule is CC(C)(CCCCNNC(=O)NN)c1ccc2c(c1)C(=O)c1ccc(C(C)(C)CCCCNNC(=O)NN)cc1C2=O. The summed E-state index contributed by atoms with van der Waals surface area (Å²) in [6.07, 6.45) is 5.20. The average Bonchev–Trinajstić information content (AvgIpc) is 2.98. The first-order chi connectivity index (χ1) is 19.9. The molecule has 42 heavy (non-hydrogen) atoms. The van der Waals surface area contributed by atoms with E-state index in [9.17, 15) is 19.2 Å². The summed E-state index contributed by atoms with van der Waals surface area (Å²) in [5.74, 6) is 9.80. The van der Waals surface area contributed by atoms with Crippen LogP contribution in [0.1, 0.15) is 109 Å². The zero-order chi connectivity index (χ0) is 30.9. The molecule has 0 atom stereocenters. The summed E-state index contributed by atoms with van der Waals surface area (Å²) in [6, 6.07) is 10.2. The third kappa shape index (κ3) is 8.13. The number of fused-ring (bicyclic) bond motifs is 2. The molecule has 0 unspecified atom stereocenters. The Morgan fingerprint density at radius 1 is 0.619 bits per heavy atom. The fourth-order valence-electron chi connectivity index (χ4n) is 5.20. The van der Waals surface area contributed by atoms with Crippen LogP contribution in [0.2, 0.25) is 0 Å². The van der Waals surface area contributed by atoms with Crippen LogP contribution in [-0.4, -0.2) is 36.7 Å². The van der Waals surface area contributed by atoms with Crippen LogP contribution in [-0.2, 0) is 10.8 Å². The number of ketones is 2. The largest absolute Gasteiger partial charge is 0.343 e. The van der Waals surface area contributed by atoms with Crippen molar-refractivity contribution in [2.75, 3.05) is 13.1 Å². The van der Waals surface area contributed by atoms with Crippen molar-refractivity contribution in [3.05, 3.63) is 69.8 Å². The highest BCUT2D eigenvalue weighted by Gasteiger charge is 2.33. The Bertz CT molecular complexity index is 1210. The fraction of sp³-hybridized carbons (Fsp3) is 0.467. The summed E-state index contributed by atoms with van der Waals surface area (Å²) in [5.41, 5.74) is 17.8. The molecule has 0 heterocycles. The van der Waals surface area contributed by atoms with Gasteiger partial charge in [0.2, 0.25) is 0 Å². The first-order valence-electron chi connectivity index (χ1n) is 14.3. The minimum absolute atomic E-state index is 0.129. The van der Waals surface area contributed by atoms with Crippen molar-refractivity contribution in [3.63, 3.8) is 0 Å². The lowest BCUT2D eigenvalue weighted by atomic mass is 9.74. The van der Waals surface area contributed by atoms with Crippen LogP contribution in [0.25, 0.3) is 0 Å². The number of rotatable bonds is 14. The van der Waals surface area contributed by atoms with Gasteiger partial charge in [0.25, 0.3) is 0 Å². The van der Waals surface area contributed by atoms with Crippen molar-refractivity contribution in [1.82, 2.24) is 32.6 Å². The zero-order valence-corrected chi connectivity index (χ0v) is 24.9. The number of carbonyl (C=O) groups excluding carboxylic acids is 4. The molecule has 12 nitrogen and oxygen atoms in total. The highest BCUT2D eigenvalue weighted by Crippen LogP contribution is 2.36. The Labute approximate surface area is 247 Å². The molecule has 0 aromatic heterocycles. The number of urea groups is 2. The number of carbonyl (C=O) groups is 4. The molecule has 1 aliphatic rings. The van der Waals surface area contributed by atoms with Gasteiger partial charge in [-0.25, -0.2) is 32.1 Å². The van der Waals surface area contributed by atoms with Gasteiger partial charge in [-0.1, -0.05) is 52.7 Å². The molecule has 3 rings (SSSR count). The van der Waals surface area contributed by atoms with Gasteiger partial charge in [0.05, 0.1) is 0 Å². The molecular weight excluding hydrogens is 536 g/mol. The molecule has 0 bridgehead atoms. The smallest absolute Gasteiger partial charge is 0.289 e. The predicted molar refractivity (Wildman–Crippen MR) is 161 cm³/mol. The number of amides is 4. The predicted octanol–water partition coefficient (Wildman–Crippen LogP) is 2.71. The van der Waals surface area contributed by atoms with E-state index in [1.165, 1.54) is 0 Å². The highest BCUT2D eigenvalue weighted by molar-refractivity contribution is 6.28. The molecule has 2 aromatic rings.